The Bertz CT molecular complexity index is 1110. The summed E-state index contributed by atoms with van der Waals surface area (Å²) in [5.41, 5.74) is 9.60. The van der Waals surface area contributed by atoms with Gasteiger partial charge in [-0.25, -0.2) is 4.79 Å². The molecule has 0 radical (unpaired) electrons. The van der Waals surface area contributed by atoms with Gasteiger partial charge in [-0.05, 0) is 60.7 Å². The number of aromatic carboxylic acids is 1. The molecule has 4 rings (SSSR count). The Labute approximate surface area is 149 Å². The fourth-order valence-electron chi connectivity index (χ4n) is 3.36. The molecule has 26 heavy (non-hydrogen) atoms. The van der Waals surface area contributed by atoms with Gasteiger partial charge in [0.2, 0.25) is 0 Å². The molecule has 2 aromatic carbocycles. The molecule has 5 heteroatoms. The van der Waals surface area contributed by atoms with Crippen LogP contribution in [0.15, 0.2) is 51.7 Å². The Morgan fingerprint density at radius 3 is 2.62 bits per heavy atom. The summed E-state index contributed by atoms with van der Waals surface area (Å²) in [6.07, 6.45) is 4.31. The number of nitrogens with two attached hydrogens (primary N) is 1. The summed E-state index contributed by atoms with van der Waals surface area (Å²) in [5, 5.41) is 9.55. The second kappa shape index (κ2) is 6.19. The van der Waals surface area contributed by atoms with E-state index in [1.54, 1.807) is 42.5 Å². The van der Waals surface area contributed by atoms with Crippen LogP contribution in [0.1, 0.15) is 40.1 Å². The maximum atomic E-state index is 12.8. The molecule has 1 aliphatic rings. The molecule has 0 saturated heterocycles. The van der Waals surface area contributed by atoms with Gasteiger partial charge in [0, 0.05) is 17.3 Å². The monoisotopic (exact) mass is 347 g/mol. The van der Waals surface area contributed by atoms with Crippen LogP contribution >= 0.6 is 0 Å². The number of carboxylic acids is 1. The van der Waals surface area contributed by atoms with Gasteiger partial charge in [0.15, 0.2) is 5.43 Å². The Kier molecular flexibility index (Phi) is 3.84. The maximum absolute atomic E-state index is 12.8. The molecule has 1 heterocycles. The number of fused-ring (bicyclic) bond motifs is 2. The lowest BCUT2D eigenvalue weighted by atomic mass is 9.90. The van der Waals surface area contributed by atoms with E-state index in [1.165, 1.54) is 0 Å². The second-order valence-corrected chi connectivity index (χ2v) is 6.44. The largest absolute Gasteiger partial charge is 0.478 e. The summed E-state index contributed by atoms with van der Waals surface area (Å²) in [7, 11) is 0. The summed E-state index contributed by atoms with van der Waals surface area (Å²) in [4.78, 5) is 23.8. The quantitative estimate of drug-likeness (QED) is 0.685. The number of anilines is 1. The van der Waals surface area contributed by atoms with E-state index in [-0.39, 0.29) is 11.0 Å². The van der Waals surface area contributed by atoms with Crippen LogP contribution < -0.4 is 11.2 Å². The zero-order valence-electron chi connectivity index (χ0n) is 14.0. The van der Waals surface area contributed by atoms with Crippen LogP contribution in [-0.4, -0.2) is 11.1 Å². The average Bonchev–Trinajstić information content (AvgIpc) is 2.63. The van der Waals surface area contributed by atoms with Gasteiger partial charge in [-0.1, -0.05) is 12.1 Å². The van der Waals surface area contributed by atoms with E-state index in [9.17, 15) is 9.59 Å². The number of hydrogen-bond acceptors (Lipinski definition) is 4. The molecule has 0 unspecified atom stereocenters. The molecule has 0 spiro atoms. The molecule has 1 aliphatic carbocycles. The summed E-state index contributed by atoms with van der Waals surface area (Å²) >= 11 is 0. The van der Waals surface area contributed by atoms with E-state index in [2.05, 4.69) is 0 Å². The number of carboxylic acid groups (broad SMARTS) is 1. The highest BCUT2D eigenvalue weighted by atomic mass is 16.4. The van der Waals surface area contributed by atoms with Crippen LogP contribution in [0, 0.1) is 0 Å². The minimum atomic E-state index is -0.956. The van der Waals surface area contributed by atoms with Crippen molar-refractivity contribution in [3.05, 3.63) is 75.1 Å². The van der Waals surface area contributed by atoms with Crippen molar-refractivity contribution in [1.29, 1.82) is 0 Å². The Morgan fingerprint density at radius 1 is 1.12 bits per heavy atom. The van der Waals surface area contributed by atoms with Crippen molar-refractivity contribution in [2.24, 2.45) is 0 Å². The standard InChI is InChI=1S/C21H17NO4/c22-15-8-9-16-18(11-15)26-20-14(2-1-3-17(20)19(16)23)10-12-4-6-13(7-5-12)21(24)25/h4-11H,1-3,22H2,(H,24,25)/b14-10-. The highest BCUT2D eigenvalue weighted by molar-refractivity contribution is 5.89. The second-order valence-electron chi connectivity index (χ2n) is 6.44. The summed E-state index contributed by atoms with van der Waals surface area (Å²) in [6.45, 7) is 0. The number of carbonyl (C=O) groups is 1. The molecule has 3 aromatic rings. The third-order valence-electron chi connectivity index (χ3n) is 4.67. The van der Waals surface area contributed by atoms with Gasteiger partial charge in [0.25, 0.3) is 0 Å². The Morgan fingerprint density at radius 2 is 1.88 bits per heavy atom. The minimum Gasteiger partial charge on any atom is -0.478 e. The van der Waals surface area contributed by atoms with Crippen molar-refractivity contribution >= 4 is 34.3 Å². The molecule has 3 N–H and O–H groups in total. The first-order chi connectivity index (χ1) is 12.5. The van der Waals surface area contributed by atoms with Gasteiger partial charge in [0.1, 0.15) is 11.3 Å². The number of rotatable bonds is 2. The fraction of sp³-hybridized carbons (Fsp3) is 0.143. The third-order valence-corrected chi connectivity index (χ3v) is 4.67. The van der Waals surface area contributed by atoms with Crippen molar-refractivity contribution in [1.82, 2.24) is 0 Å². The molecule has 0 fully saturated rings. The highest BCUT2D eigenvalue weighted by Gasteiger charge is 2.21. The molecule has 0 atom stereocenters. The van der Waals surface area contributed by atoms with Crippen molar-refractivity contribution in [2.75, 3.05) is 5.73 Å². The number of hydrogen-bond donors (Lipinski definition) is 2. The molecule has 5 nitrogen and oxygen atoms in total. The first-order valence-corrected chi connectivity index (χ1v) is 8.42. The summed E-state index contributed by atoms with van der Waals surface area (Å²) < 4.78 is 6.05. The molecule has 0 amide bonds. The lowest BCUT2D eigenvalue weighted by molar-refractivity contribution is 0.0697. The molecule has 130 valence electrons. The summed E-state index contributed by atoms with van der Waals surface area (Å²) in [5.74, 6) is -0.344. The molecule has 0 saturated carbocycles. The van der Waals surface area contributed by atoms with E-state index in [4.69, 9.17) is 15.3 Å². The SMILES string of the molecule is Nc1ccc2c(=O)c3c(oc2c1)/C(=C\c1ccc(C(=O)O)cc1)CCC3. The summed E-state index contributed by atoms with van der Waals surface area (Å²) in [6, 6.07) is 11.7. The average molecular weight is 347 g/mol. The molecular weight excluding hydrogens is 330 g/mol. The lowest BCUT2D eigenvalue weighted by Gasteiger charge is -2.18. The predicted molar refractivity (Wildman–Crippen MR) is 101 cm³/mol. The Balaban J connectivity index is 1.85. The maximum Gasteiger partial charge on any atom is 0.335 e. The van der Waals surface area contributed by atoms with E-state index in [0.29, 0.717) is 34.4 Å². The molecule has 0 aliphatic heterocycles. The number of nitrogen functional groups attached to an aromatic ring is 1. The smallest absolute Gasteiger partial charge is 0.335 e. The molecule has 0 bridgehead atoms. The zero-order chi connectivity index (χ0) is 18.3. The highest BCUT2D eigenvalue weighted by Crippen LogP contribution is 2.33. The van der Waals surface area contributed by atoms with Crippen molar-refractivity contribution < 1.29 is 14.3 Å². The number of benzene rings is 2. The topological polar surface area (TPSA) is 93.5 Å². The lowest BCUT2D eigenvalue weighted by Crippen LogP contribution is -2.16. The first kappa shape index (κ1) is 16.1. The van der Waals surface area contributed by atoms with Crippen molar-refractivity contribution in [2.45, 2.75) is 19.3 Å². The van der Waals surface area contributed by atoms with Crippen LogP contribution in [0.3, 0.4) is 0 Å². The van der Waals surface area contributed by atoms with E-state index < -0.39 is 5.97 Å². The van der Waals surface area contributed by atoms with Crippen LogP contribution in [0.2, 0.25) is 0 Å². The van der Waals surface area contributed by atoms with Crippen LogP contribution in [0.4, 0.5) is 5.69 Å². The normalized spacial score (nSPS) is 15.2. The Hall–Kier alpha value is -3.34. The van der Waals surface area contributed by atoms with Gasteiger partial charge < -0.3 is 15.3 Å². The minimum absolute atomic E-state index is 0.00641. The molecular formula is C21H17NO4. The third kappa shape index (κ3) is 2.77. The van der Waals surface area contributed by atoms with E-state index in [1.807, 2.05) is 6.08 Å². The van der Waals surface area contributed by atoms with Crippen LogP contribution in [0.25, 0.3) is 22.6 Å². The van der Waals surface area contributed by atoms with E-state index in [0.717, 1.165) is 24.0 Å². The number of allylic oxidation sites excluding steroid dienone is 1. The van der Waals surface area contributed by atoms with Gasteiger partial charge >= 0.3 is 5.97 Å². The van der Waals surface area contributed by atoms with Gasteiger partial charge in [-0.2, -0.15) is 0 Å². The van der Waals surface area contributed by atoms with Gasteiger partial charge in [-0.3, -0.25) is 4.79 Å². The molecule has 1 aromatic heterocycles. The fourth-order valence-corrected chi connectivity index (χ4v) is 3.36. The van der Waals surface area contributed by atoms with Gasteiger partial charge in [0.05, 0.1) is 10.9 Å². The van der Waals surface area contributed by atoms with Crippen molar-refractivity contribution in [3.63, 3.8) is 0 Å². The first-order valence-electron chi connectivity index (χ1n) is 8.42. The van der Waals surface area contributed by atoms with Gasteiger partial charge in [-0.15, -0.1) is 0 Å². The van der Waals surface area contributed by atoms with Crippen LogP contribution in [-0.2, 0) is 6.42 Å². The van der Waals surface area contributed by atoms with Crippen molar-refractivity contribution in [3.8, 4) is 0 Å². The predicted octanol–water partition coefficient (Wildman–Crippen LogP) is 3.95. The van der Waals surface area contributed by atoms with Crippen LogP contribution in [0.5, 0.6) is 0 Å². The zero-order valence-corrected chi connectivity index (χ0v) is 14.0. The van der Waals surface area contributed by atoms with E-state index >= 15 is 0 Å².